The summed E-state index contributed by atoms with van der Waals surface area (Å²) in [4.78, 5) is 9.92. The highest BCUT2D eigenvalue weighted by Gasteiger charge is 2.24. The molecule has 5 nitrogen and oxygen atoms in total. The molecule has 3 aromatic carbocycles. The third kappa shape index (κ3) is 5.61. The number of nitrogens with one attached hydrogen (secondary N) is 1. The molecule has 0 aliphatic carbocycles. The average molecular weight is 518 g/mol. The van der Waals surface area contributed by atoms with Gasteiger partial charge in [0.25, 0.3) is 0 Å². The summed E-state index contributed by atoms with van der Waals surface area (Å²) >= 11 is 12.4. The van der Waals surface area contributed by atoms with E-state index in [1.54, 1.807) is 0 Å². The molecule has 0 aromatic heterocycles. The highest BCUT2D eigenvalue weighted by molar-refractivity contribution is 6.32. The van der Waals surface area contributed by atoms with Crippen LogP contribution in [-0.2, 0) is 0 Å². The van der Waals surface area contributed by atoms with E-state index >= 15 is 0 Å². The highest BCUT2D eigenvalue weighted by atomic mass is 35.5. The summed E-state index contributed by atoms with van der Waals surface area (Å²) in [6, 6.07) is 21.8. The zero-order valence-electron chi connectivity index (χ0n) is 18.7. The molecule has 3 aromatic rings. The lowest BCUT2D eigenvalue weighted by molar-refractivity contribution is 0.170. The van der Waals surface area contributed by atoms with Crippen LogP contribution in [0.5, 0.6) is 5.75 Å². The first-order valence-corrected chi connectivity index (χ1v) is 12.0. The van der Waals surface area contributed by atoms with E-state index in [0.717, 1.165) is 73.4 Å². The second-order valence-corrected chi connectivity index (χ2v) is 9.07. The van der Waals surface area contributed by atoms with E-state index in [4.69, 9.17) is 32.9 Å². The number of anilines is 2. The van der Waals surface area contributed by atoms with Crippen molar-refractivity contribution in [1.82, 2.24) is 9.80 Å². The molecule has 0 radical (unpaired) electrons. The smallest absolute Gasteiger partial charge is 0.138 e. The van der Waals surface area contributed by atoms with Crippen LogP contribution in [0.25, 0.3) is 0 Å². The molecule has 1 fully saturated rings. The normalized spacial score (nSPS) is 15.2. The maximum atomic E-state index is 6.27. The molecule has 5 rings (SSSR count). The van der Waals surface area contributed by atoms with E-state index in [-0.39, 0.29) is 12.4 Å². The molecular formula is C26H27Cl3N4O. The number of halogens is 3. The molecule has 0 saturated carbocycles. The van der Waals surface area contributed by atoms with Crippen LogP contribution >= 0.6 is 35.6 Å². The van der Waals surface area contributed by atoms with E-state index in [0.29, 0.717) is 16.7 Å². The molecule has 1 saturated heterocycles. The maximum absolute atomic E-state index is 6.27. The van der Waals surface area contributed by atoms with E-state index in [2.05, 4.69) is 33.3 Å². The number of rotatable bonds is 5. The van der Waals surface area contributed by atoms with Gasteiger partial charge in [0, 0.05) is 49.0 Å². The number of hydrogen-bond donors (Lipinski definition) is 1. The van der Waals surface area contributed by atoms with Crippen molar-refractivity contribution in [2.75, 3.05) is 44.6 Å². The van der Waals surface area contributed by atoms with Crippen LogP contribution < -0.4 is 10.1 Å². The highest BCUT2D eigenvalue weighted by Crippen LogP contribution is 2.36. The van der Waals surface area contributed by atoms with Gasteiger partial charge in [-0.25, -0.2) is 4.99 Å². The van der Waals surface area contributed by atoms with Crippen LogP contribution in [0.4, 0.5) is 17.1 Å². The summed E-state index contributed by atoms with van der Waals surface area (Å²) in [7, 11) is 0. The quantitative estimate of drug-likeness (QED) is 0.385. The number of nitrogens with zero attached hydrogens (tertiary/aromatic N) is 3. The maximum Gasteiger partial charge on any atom is 0.138 e. The largest absolute Gasteiger partial charge is 0.492 e. The lowest BCUT2D eigenvalue weighted by Crippen LogP contribution is -2.49. The molecular weight excluding hydrogens is 491 g/mol. The van der Waals surface area contributed by atoms with Gasteiger partial charge in [0.05, 0.1) is 23.0 Å². The fourth-order valence-electron chi connectivity index (χ4n) is 4.27. The Bertz CT molecular complexity index is 1160. The second kappa shape index (κ2) is 11.3. The van der Waals surface area contributed by atoms with Gasteiger partial charge in [-0.3, -0.25) is 4.90 Å². The molecule has 2 heterocycles. The number of para-hydroxylation sites is 2. The Kier molecular flexibility index (Phi) is 8.22. The first-order valence-electron chi connectivity index (χ1n) is 11.3. The molecule has 1 N–H and O–H groups in total. The second-order valence-electron chi connectivity index (χ2n) is 8.23. The molecule has 0 bridgehead atoms. The molecule has 2 aliphatic heterocycles. The average Bonchev–Trinajstić information content (AvgIpc) is 3.00. The predicted molar refractivity (Wildman–Crippen MR) is 144 cm³/mol. The number of piperazine rings is 1. The Morgan fingerprint density at radius 3 is 2.47 bits per heavy atom. The molecule has 0 atom stereocenters. The van der Waals surface area contributed by atoms with Gasteiger partial charge in [0.1, 0.15) is 11.6 Å². The molecule has 178 valence electrons. The van der Waals surface area contributed by atoms with Crippen LogP contribution in [0.2, 0.25) is 10.0 Å². The number of fused-ring (bicyclic) bond motifs is 2. The summed E-state index contributed by atoms with van der Waals surface area (Å²) in [6.07, 6.45) is 0.963. The summed E-state index contributed by atoms with van der Waals surface area (Å²) in [5.41, 5.74) is 4.02. The number of amidine groups is 1. The SMILES string of the molecule is Cl.Clc1ccc2c(c1)N=C(N1CCN(CCCOc3ccccc3Cl)CC1)c1ccccc1N2. The van der Waals surface area contributed by atoms with Gasteiger partial charge in [0.15, 0.2) is 0 Å². The van der Waals surface area contributed by atoms with Crippen LogP contribution in [-0.4, -0.2) is 55.0 Å². The van der Waals surface area contributed by atoms with Crippen molar-refractivity contribution >= 4 is 58.5 Å². The van der Waals surface area contributed by atoms with Crippen LogP contribution in [0.3, 0.4) is 0 Å². The van der Waals surface area contributed by atoms with Gasteiger partial charge in [-0.2, -0.15) is 0 Å². The van der Waals surface area contributed by atoms with Crippen molar-refractivity contribution < 1.29 is 4.74 Å². The molecule has 8 heteroatoms. The van der Waals surface area contributed by atoms with Gasteiger partial charge >= 0.3 is 0 Å². The predicted octanol–water partition coefficient (Wildman–Crippen LogP) is 6.64. The summed E-state index contributed by atoms with van der Waals surface area (Å²) in [5, 5.41) is 4.87. The van der Waals surface area contributed by atoms with E-state index < -0.39 is 0 Å². The summed E-state index contributed by atoms with van der Waals surface area (Å²) in [5.74, 6) is 1.75. The summed E-state index contributed by atoms with van der Waals surface area (Å²) < 4.78 is 5.83. The van der Waals surface area contributed by atoms with Gasteiger partial charge in [-0.15, -0.1) is 12.4 Å². The van der Waals surface area contributed by atoms with Crippen molar-refractivity contribution in [2.24, 2.45) is 4.99 Å². The Morgan fingerprint density at radius 1 is 0.882 bits per heavy atom. The monoisotopic (exact) mass is 516 g/mol. The van der Waals surface area contributed by atoms with Crippen LogP contribution in [0, 0.1) is 0 Å². The Balaban J connectivity index is 0.00000274. The fourth-order valence-corrected chi connectivity index (χ4v) is 4.62. The molecule has 2 aliphatic rings. The van der Waals surface area contributed by atoms with E-state index in [1.165, 1.54) is 0 Å². The van der Waals surface area contributed by atoms with Crippen LogP contribution in [0.1, 0.15) is 12.0 Å². The first-order chi connectivity index (χ1) is 16.2. The third-order valence-corrected chi connectivity index (χ3v) is 6.56. The Morgan fingerprint density at radius 2 is 1.65 bits per heavy atom. The van der Waals surface area contributed by atoms with E-state index in [1.807, 2.05) is 48.5 Å². The van der Waals surface area contributed by atoms with Crippen LogP contribution in [0.15, 0.2) is 71.7 Å². The number of hydrogen-bond acceptors (Lipinski definition) is 5. The van der Waals surface area contributed by atoms with Gasteiger partial charge in [-0.05, 0) is 48.9 Å². The minimum absolute atomic E-state index is 0. The summed E-state index contributed by atoms with van der Waals surface area (Å²) in [6.45, 7) is 5.49. The number of benzene rings is 3. The molecule has 34 heavy (non-hydrogen) atoms. The Hall–Kier alpha value is -2.44. The van der Waals surface area contributed by atoms with E-state index in [9.17, 15) is 0 Å². The lowest BCUT2D eigenvalue weighted by atomic mass is 10.1. The zero-order chi connectivity index (χ0) is 22.6. The van der Waals surface area contributed by atoms with Gasteiger partial charge < -0.3 is 15.0 Å². The standard InChI is InChI=1S/C26H26Cl2N4O.ClH/c27-19-10-11-23-24(18-19)30-26(20-6-1-3-8-22(20)29-23)32-15-13-31(14-16-32)12-5-17-33-25-9-4-2-7-21(25)28;/h1-4,6-11,18,29H,5,12-17H2;1H. The molecule has 0 unspecified atom stereocenters. The number of aliphatic imine (C=N–C) groups is 1. The van der Waals surface area contributed by atoms with Crippen molar-refractivity contribution in [1.29, 1.82) is 0 Å². The minimum Gasteiger partial charge on any atom is -0.492 e. The molecule has 0 amide bonds. The zero-order valence-corrected chi connectivity index (χ0v) is 21.0. The van der Waals surface area contributed by atoms with Crippen molar-refractivity contribution in [2.45, 2.75) is 6.42 Å². The molecule has 0 spiro atoms. The van der Waals surface area contributed by atoms with Crippen molar-refractivity contribution in [3.63, 3.8) is 0 Å². The Labute approximate surface area is 216 Å². The van der Waals surface area contributed by atoms with Gasteiger partial charge in [0.2, 0.25) is 0 Å². The number of ether oxygens (including phenoxy) is 1. The lowest BCUT2D eigenvalue weighted by Gasteiger charge is -2.36. The van der Waals surface area contributed by atoms with Crippen molar-refractivity contribution in [3.8, 4) is 5.75 Å². The minimum atomic E-state index is 0. The fraction of sp³-hybridized carbons (Fsp3) is 0.269. The third-order valence-electron chi connectivity index (χ3n) is 6.01. The first kappa shape index (κ1) is 24.7. The topological polar surface area (TPSA) is 40.1 Å². The van der Waals surface area contributed by atoms with Crippen molar-refractivity contribution in [3.05, 3.63) is 82.3 Å². The van der Waals surface area contributed by atoms with Gasteiger partial charge in [-0.1, -0.05) is 47.5 Å².